The van der Waals surface area contributed by atoms with Crippen LogP contribution < -0.4 is 38.1 Å². The van der Waals surface area contributed by atoms with Crippen LogP contribution in [0.15, 0.2) is 72.9 Å². The van der Waals surface area contributed by atoms with Crippen molar-refractivity contribution < 1.29 is 61.8 Å². The quantitative estimate of drug-likeness (QED) is 0.0283. The van der Waals surface area contributed by atoms with E-state index in [1.54, 1.807) is 49.7 Å². The number of nitrogens with one attached hydrogen (secondary N) is 5. The lowest BCUT2D eigenvalue weighted by Crippen LogP contribution is -2.58. The van der Waals surface area contributed by atoms with Crippen LogP contribution in [-0.2, 0) is 54.5 Å². The van der Waals surface area contributed by atoms with Crippen molar-refractivity contribution in [3.63, 3.8) is 0 Å². The summed E-state index contributed by atoms with van der Waals surface area (Å²) >= 11 is 0. The van der Waals surface area contributed by atoms with Crippen LogP contribution in [-0.4, -0.2) is 130 Å². The van der Waals surface area contributed by atoms with E-state index in [0.717, 1.165) is 35.9 Å². The molecule has 3 aromatic rings. The largest absolute Gasteiger partial charge is 0.387 e. The number of nitrogens with zero attached hydrogens (tertiary/aromatic N) is 3. The second kappa shape index (κ2) is 24.1. The van der Waals surface area contributed by atoms with Crippen molar-refractivity contribution in [2.24, 2.45) is 16.9 Å². The molecule has 21 nitrogen and oxygen atoms in total. The molecular weight excluding hydrogens is 895 g/mol. The smallest absolute Gasteiger partial charge is 0.254 e. The summed E-state index contributed by atoms with van der Waals surface area (Å²) in [6, 6.07) is 7.68. The molecular formula is C45H54F2N10O11. The Kier molecular flexibility index (Phi) is 18.7. The topological polar surface area (TPSA) is 315 Å². The number of aliphatic hydroxyl groups excluding tert-OH is 1. The van der Waals surface area contributed by atoms with Gasteiger partial charge in [0.05, 0.1) is 18.9 Å². The second-order valence-electron chi connectivity index (χ2n) is 16.7. The first-order valence-electron chi connectivity index (χ1n) is 21.2. The average molecular weight is 949 g/mol. The van der Waals surface area contributed by atoms with Crippen LogP contribution in [0.3, 0.4) is 0 Å². The zero-order chi connectivity index (χ0) is 50.3. The highest BCUT2D eigenvalue weighted by molar-refractivity contribution is 6.14. The minimum atomic E-state index is -1.80. The molecule has 1 aromatic heterocycles. The molecule has 10 amide bonds. The Morgan fingerprint density at radius 2 is 1.41 bits per heavy atom. The molecule has 0 aliphatic carbocycles. The van der Waals surface area contributed by atoms with Crippen molar-refractivity contribution >= 4 is 59.6 Å². The Labute approximate surface area is 389 Å². The van der Waals surface area contributed by atoms with E-state index < -0.39 is 127 Å². The SMILES string of the molecule is CC(C)(C)C(c1cc(-c2cc(F)ccc2F)cn1Cc1ccccc1)N(CCC(NC(=O)C(CC(N)=O)NC(=O)[C@@H](CC(N)=O)NC=O)C(=O)NCCNC(=O)CN1C(=O)C=CC1=O)C(=O)CO. The molecule has 0 spiro atoms. The number of carbonyl (C=O) groups is 10. The molecule has 0 bridgehead atoms. The molecule has 364 valence electrons. The van der Waals surface area contributed by atoms with Gasteiger partial charge in [-0.05, 0) is 41.7 Å². The maximum Gasteiger partial charge on any atom is 0.254 e. The molecule has 0 saturated carbocycles. The van der Waals surface area contributed by atoms with Gasteiger partial charge in [0.1, 0.15) is 42.9 Å². The number of imide groups is 1. The van der Waals surface area contributed by atoms with Gasteiger partial charge in [-0.2, -0.15) is 0 Å². The number of primary amides is 2. The van der Waals surface area contributed by atoms with Crippen molar-refractivity contribution in [1.29, 1.82) is 0 Å². The molecule has 10 N–H and O–H groups in total. The van der Waals surface area contributed by atoms with E-state index in [2.05, 4.69) is 26.6 Å². The number of carbonyl (C=O) groups excluding carboxylic acids is 10. The molecule has 0 radical (unpaired) electrons. The van der Waals surface area contributed by atoms with Gasteiger partial charge in [0.2, 0.25) is 47.8 Å². The van der Waals surface area contributed by atoms with Crippen molar-refractivity contribution in [2.45, 2.75) is 70.7 Å². The van der Waals surface area contributed by atoms with Crippen LogP contribution in [0.2, 0.25) is 0 Å². The molecule has 1 aliphatic heterocycles. The third-order valence-corrected chi connectivity index (χ3v) is 10.5. The van der Waals surface area contributed by atoms with Crippen molar-refractivity contribution in [2.75, 3.05) is 32.8 Å². The number of hydrogen-bond acceptors (Lipinski definition) is 11. The molecule has 4 atom stereocenters. The average Bonchev–Trinajstić information content (AvgIpc) is 3.82. The standard InChI is InChI=1S/C45H54F2N10O11/c1-45(2,3)41(34-17-27(29-18-28(46)9-10-30(29)47)22-55(34)21-26-7-5-4-6-8-26)56(40(65)24-58)16-13-31(42(66)51-15-14-50-37(62)23-57-38(63)11-12-39(57)64)53-44(68)33(20-36(49)61)54-43(67)32(52-25-59)19-35(48)60/h4-12,17-18,22,25,31-33,41,58H,13-16,19-21,23-24H2,1-3H3,(H2,48,60)(H2,49,61)(H,50,62)(H,51,66)(H,52,59)(H,53,68)(H,54,67)/t31?,32-,33?,41?/m1/s1. The van der Waals surface area contributed by atoms with Crippen LogP contribution in [0.5, 0.6) is 0 Å². The summed E-state index contributed by atoms with van der Waals surface area (Å²) in [5.74, 6) is -9.69. The van der Waals surface area contributed by atoms with Gasteiger partial charge in [-0.1, -0.05) is 51.1 Å². The fourth-order valence-corrected chi connectivity index (χ4v) is 7.40. The number of nitrogens with two attached hydrogens (primary N) is 2. The van der Waals surface area contributed by atoms with Crippen LogP contribution >= 0.6 is 0 Å². The fraction of sp³-hybridized carbons (Fsp3) is 0.378. The Hall–Kier alpha value is -7.82. The van der Waals surface area contributed by atoms with E-state index in [9.17, 15) is 57.4 Å². The van der Waals surface area contributed by atoms with Gasteiger partial charge in [0, 0.05) is 61.3 Å². The van der Waals surface area contributed by atoms with Crippen molar-refractivity contribution in [1.82, 2.24) is 41.0 Å². The summed E-state index contributed by atoms with van der Waals surface area (Å²) in [4.78, 5) is 128. The maximum atomic E-state index is 15.3. The zero-order valence-corrected chi connectivity index (χ0v) is 37.5. The second-order valence-corrected chi connectivity index (χ2v) is 16.7. The van der Waals surface area contributed by atoms with E-state index >= 15 is 4.39 Å². The van der Waals surface area contributed by atoms with Gasteiger partial charge in [0.15, 0.2) is 0 Å². The molecule has 3 unspecified atom stereocenters. The molecule has 4 rings (SSSR count). The monoisotopic (exact) mass is 948 g/mol. The summed E-state index contributed by atoms with van der Waals surface area (Å²) in [5.41, 5.74) is 11.1. The first-order chi connectivity index (χ1) is 32.1. The molecule has 0 saturated heterocycles. The molecule has 0 fully saturated rings. The van der Waals surface area contributed by atoms with Crippen LogP contribution in [0.25, 0.3) is 11.1 Å². The number of hydrogen-bond donors (Lipinski definition) is 8. The number of halogens is 2. The zero-order valence-electron chi connectivity index (χ0n) is 37.5. The molecule has 23 heteroatoms. The minimum absolute atomic E-state index is 0.0723. The van der Waals surface area contributed by atoms with Gasteiger partial charge >= 0.3 is 0 Å². The summed E-state index contributed by atoms with van der Waals surface area (Å²) in [7, 11) is 0. The summed E-state index contributed by atoms with van der Waals surface area (Å²) in [6.07, 6.45) is 1.73. The molecule has 2 heterocycles. The number of aliphatic hydroxyl groups is 1. The summed E-state index contributed by atoms with van der Waals surface area (Å²) in [6.45, 7) is 2.98. The van der Waals surface area contributed by atoms with E-state index in [4.69, 9.17) is 11.5 Å². The number of amides is 10. The van der Waals surface area contributed by atoms with Crippen molar-refractivity contribution in [3.05, 3.63) is 95.8 Å². The summed E-state index contributed by atoms with van der Waals surface area (Å²) < 4.78 is 31.6. The lowest BCUT2D eigenvalue weighted by atomic mass is 9.82. The minimum Gasteiger partial charge on any atom is -0.387 e. The van der Waals surface area contributed by atoms with Gasteiger partial charge in [-0.25, -0.2) is 8.78 Å². The lowest BCUT2D eigenvalue weighted by Gasteiger charge is -2.41. The van der Waals surface area contributed by atoms with E-state index in [-0.39, 0.29) is 43.7 Å². The first-order valence-corrected chi connectivity index (χ1v) is 21.2. The normalized spacial score (nSPS) is 14.0. The highest BCUT2D eigenvalue weighted by Gasteiger charge is 2.39. The van der Waals surface area contributed by atoms with Crippen LogP contribution in [0, 0.1) is 17.0 Å². The number of benzene rings is 2. The Morgan fingerprint density at radius 3 is 2.01 bits per heavy atom. The Morgan fingerprint density at radius 1 is 0.809 bits per heavy atom. The van der Waals surface area contributed by atoms with Crippen LogP contribution in [0.1, 0.15) is 57.3 Å². The van der Waals surface area contributed by atoms with Gasteiger partial charge in [0.25, 0.3) is 11.8 Å². The fourth-order valence-electron chi connectivity index (χ4n) is 7.40. The van der Waals surface area contributed by atoms with Gasteiger partial charge < -0.3 is 52.6 Å². The Balaban J connectivity index is 1.71. The maximum absolute atomic E-state index is 15.3. The predicted molar refractivity (Wildman–Crippen MR) is 237 cm³/mol. The van der Waals surface area contributed by atoms with Crippen molar-refractivity contribution in [3.8, 4) is 11.1 Å². The van der Waals surface area contributed by atoms with Gasteiger partial charge in [-0.3, -0.25) is 52.8 Å². The first kappa shape index (κ1) is 52.8. The number of aromatic nitrogens is 1. The third kappa shape index (κ3) is 14.8. The molecule has 2 aromatic carbocycles. The Bertz CT molecular complexity index is 2400. The number of rotatable bonds is 25. The van der Waals surface area contributed by atoms with Crippen LogP contribution in [0.4, 0.5) is 8.78 Å². The lowest BCUT2D eigenvalue weighted by molar-refractivity contribution is -0.141. The van der Waals surface area contributed by atoms with Gasteiger partial charge in [-0.15, -0.1) is 0 Å². The highest BCUT2D eigenvalue weighted by atomic mass is 19.1. The van der Waals surface area contributed by atoms with E-state index in [1.165, 1.54) is 4.90 Å². The molecule has 68 heavy (non-hydrogen) atoms. The third-order valence-electron chi connectivity index (χ3n) is 10.5. The predicted octanol–water partition coefficient (Wildman–Crippen LogP) is -1.23. The summed E-state index contributed by atoms with van der Waals surface area (Å²) in [5, 5.41) is 22.1. The highest BCUT2D eigenvalue weighted by Crippen LogP contribution is 2.41. The molecule has 1 aliphatic rings. The van der Waals surface area contributed by atoms with E-state index in [1.807, 2.05) is 18.2 Å². The van der Waals surface area contributed by atoms with E-state index in [0.29, 0.717) is 10.6 Å².